The number of carbonyl (C=O) groups is 2. The van der Waals surface area contributed by atoms with Crippen molar-refractivity contribution in [2.24, 2.45) is 17.6 Å². The van der Waals surface area contributed by atoms with Gasteiger partial charge in [-0.3, -0.25) is 4.79 Å². The molecule has 70 valence electrons. The van der Waals surface area contributed by atoms with Gasteiger partial charge in [0.15, 0.2) is 0 Å². The van der Waals surface area contributed by atoms with Crippen molar-refractivity contribution < 1.29 is 9.59 Å². The van der Waals surface area contributed by atoms with Crippen molar-refractivity contribution in [2.75, 3.05) is 0 Å². The lowest BCUT2D eigenvalue weighted by atomic mass is 9.91. The van der Waals surface area contributed by atoms with E-state index in [0.29, 0.717) is 6.42 Å². The second kappa shape index (κ2) is 5.75. The maximum atomic E-state index is 10.8. The van der Waals surface area contributed by atoms with Crippen LogP contribution in [0.15, 0.2) is 0 Å². The van der Waals surface area contributed by atoms with Gasteiger partial charge in [-0.1, -0.05) is 13.8 Å². The summed E-state index contributed by atoms with van der Waals surface area (Å²) in [6.07, 6.45) is 3.02. The maximum absolute atomic E-state index is 10.8. The predicted molar refractivity (Wildman–Crippen MR) is 47.4 cm³/mol. The molecule has 0 saturated heterocycles. The Bertz CT molecular complexity index is 157. The number of carbonyl (C=O) groups excluding carboxylic acids is 2. The van der Waals surface area contributed by atoms with Crippen molar-refractivity contribution in [2.45, 2.75) is 33.1 Å². The Morgan fingerprint density at radius 2 is 2.00 bits per heavy atom. The molecule has 0 aliphatic carbocycles. The Hall–Kier alpha value is -0.860. The zero-order valence-electron chi connectivity index (χ0n) is 7.75. The van der Waals surface area contributed by atoms with Crippen LogP contribution in [-0.2, 0) is 9.59 Å². The van der Waals surface area contributed by atoms with Gasteiger partial charge < -0.3 is 10.5 Å². The van der Waals surface area contributed by atoms with E-state index in [9.17, 15) is 9.59 Å². The Balaban J connectivity index is 3.99. The monoisotopic (exact) mass is 171 g/mol. The first-order valence-electron chi connectivity index (χ1n) is 4.40. The smallest absolute Gasteiger partial charge is 0.220 e. The fourth-order valence-corrected chi connectivity index (χ4v) is 1.17. The number of aldehydes is 1. The SMILES string of the molecule is CCC(C=O)CC(CC)C(N)=O. The van der Waals surface area contributed by atoms with Crippen LogP contribution in [-0.4, -0.2) is 12.2 Å². The molecule has 0 fully saturated rings. The first kappa shape index (κ1) is 11.1. The molecule has 0 saturated carbocycles. The second-order valence-corrected chi connectivity index (χ2v) is 3.05. The molecule has 0 aromatic rings. The minimum absolute atomic E-state index is 0.0116. The molecule has 2 unspecified atom stereocenters. The molecule has 0 aliphatic heterocycles. The van der Waals surface area contributed by atoms with Crippen LogP contribution < -0.4 is 5.73 Å². The van der Waals surface area contributed by atoms with Crippen molar-refractivity contribution in [3.63, 3.8) is 0 Å². The second-order valence-electron chi connectivity index (χ2n) is 3.05. The van der Waals surface area contributed by atoms with Gasteiger partial charge in [-0.2, -0.15) is 0 Å². The standard InChI is InChI=1S/C9H17NO2/c1-3-7(6-11)5-8(4-2)9(10)12/h6-8H,3-5H2,1-2H3,(H2,10,12). The molecular weight excluding hydrogens is 154 g/mol. The van der Waals surface area contributed by atoms with E-state index >= 15 is 0 Å². The van der Waals surface area contributed by atoms with E-state index < -0.39 is 0 Å². The van der Waals surface area contributed by atoms with Gasteiger partial charge in [-0.25, -0.2) is 0 Å². The summed E-state index contributed by atoms with van der Waals surface area (Å²) < 4.78 is 0. The average Bonchev–Trinajstić information content (AvgIpc) is 2.06. The third-order valence-electron chi connectivity index (χ3n) is 2.20. The van der Waals surface area contributed by atoms with E-state index in [1.54, 1.807) is 0 Å². The van der Waals surface area contributed by atoms with Crippen molar-refractivity contribution in [3.8, 4) is 0 Å². The van der Waals surface area contributed by atoms with E-state index in [2.05, 4.69) is 0 Å². The summed E-state index contributed by atoms with van der Waals surface area (Å²) in [5.74, 6) is -0.444. The first-order valence-corrected chi connectivity index (χ1v) is 4.40. The van der Waals surface area contributed by atoms with Gasteiger partial charge in [0.1, 0.15) is 6.29 Å². The summed E-state index contributed by atoms with van der Waals surface area (Å²) in [7, 11) is 0. The topological polar surface area (TPSA) is 60.2 Å². The van der Waals surface area contributed by atoms with Crippen LogP contribution in [0.1, 0.15) is 33.1 Å². The number of nitrogens with two attached hydrogens (primary N) is 1. The Labute approximate surface area is 73.3 Å². The van der Waals surface area contributed by atoms with Crippen molar-refractivity contribution >= 4 is 12.2 Å². The fourth-order valence-electron chi connectivity index (χ4n) is 1.17. The molecule has 0 bridgehead atoms. The Morgan fingerprint density at radius 3 is 2.25 bits per heavy atom. The normalized spacial score (nSPS) is 15.2. The van der Waals surface area contributed by atoms with Crippen molar-refractivity contribution in [1.29, 1.82) is 0 Å². The Kier molecular flexibility index (Phi) is 5.34. The van der Waals surface area contributed by atoms with E-state index in [1.165, 1.54) is 0 Å². The van der Waals surface area contributed by atoms with Crippen LogP contribution in [0.25, 0.3) is 0 Å². The maximum Gasteiger partial charge on any atom is 0.220 e. The molecular formula is C9H17NO2. The highest BCUT2D eigenvalue weighted by Gasteiger charge is 2.17. The predicted octanol–water partition coefficient (Wildman–Crippen LogP) is 1.11. The van der Waals surface area contributed by atoms with Crippen LogP contribution in [0.3, 0.4) is 0 Å². The summed E-state index contributed by atoms with van der Waals surface area (Å²) in [6.45, 7) is 3.85. The summed E-state index contributed by atoms with van der Waals surface area (Å²) in [5, 5.41) is 0. The fraction of sp³-hybridized carbons (Fsp3) is 0.778. The summed E-state index contributed by atoms with van der Waals surface area (Å²) >= 11 is 0. The molecule has 0 radical (unpaired) electrons. The van der Waals surface area contributed by atoms with Gasteiger partial charge in [-0.05, 0) is 19.3 Å². The summed E-state index contributed by atoms with van der Waals surface area (Å²) in [6, 6.07) is 0. The molecule has 12 heavy (non-hydrogen) atoms. The third kappa shape index (κ3) is 3.51. The Morgan fingerprint density at radius 1 is 1.42 bits per heavy atom. The van der Waals surface area contributed by atoms with Gasteiger partial charge in [0.05, 0.1) is 0 Å². The minimum Gasteiger partial charge on any atom is -0.369 e. The molecule has 2 atom stereocenters. The van der Waals surface area contributed by atoms with Crippen LogP contribution in [0.4, 0.5) is 0 Å². The number of primary amides is 1. The molecule has 1 amide bonds. The lowest BCUT2D eigenvalue weighted by Gasteiger charge is -2.13. The molecule has 2 N–H and O–H groups in total. The molecule has 0 aromatic carbocycles. The summed E-state index contributed by atoms with van der Waals surface area (Å²) in [5.41, 5.74) is 5.15. The zero-order valence-corrected chi connectivity index (χ0v) is 7.75. The highest BCUT2D eigenvalue weighted by atomic mass is 16.1. The van der Waals surface area contributed by atoms with Gasteiger partial charge in [0, 0.05) is 11.8 Å². The lowest BCUT2D eigenvalue weighted by molar-refractivity contribution is -0.122. The van der Waals surface area contributed by atoms with Crippen LogP contribution >= 0.6 is 0 Å². The average molecular weight is 171 g/mol. The van der Waals surface area contributed by atoms with E-state index in [4.69, 9.17) is 5.73 Å². The van der Waals surface area contributed by atoms with Crippen LogP contribution in [0, 0.1) is 11.8 Å². The molecule has 0 aliphatic rings. The van der Waals surface area contributed by atoms with Gasteiger partial charge >= 0.3 is 0 Å². The molecule has 0 rings (SSSR count). The van der Waals surface area contributed by atoms with Crippen LogP contribution in [0.5, 0.6) is 0 Å². The number of hydrogen-bond acceptors (Lipinski definition) is 2. The third-order valence-corrected chi connectivity index (χ3v) is 2.20. The zero-order chi connectivity index (χ0) is 9.56. The molecule has 3 nitrogen and oxygen atoms in total. The number of amides is 1. The first-order chi connectivity index (χ1) is 5.65. The largest absolute Gasteiger partial charge is 0.369 e. The molecule has 0 spiro atoms. The van der Waals surface area contributed by atoms with Crippen LogP contribution in [0.2, 0.25) is 0 Å². The highest BCUT2D eigenvalue weighted by molar-refractivity contribution is 5.77. The van der Waals surface area contributed by atoms with Crippen molar-refractivity contribution in [3.05, 3.63) is 0 Å². The minimum atomic E-state index is -0.294. The van der Waals surface area contributed by atoms with Crippen molar-refractivity contribution in [1.82, 2.24) is 0 Å². The molecule has 3 heteroatoms. The number of rotatable bonds is 6. The van der Waals surface area contributed by atoms with E-state index in [-0.39, 0.29) is 17.7 Å². The van der Waals surface area contributed by atoms with Gasteiger partial charge in [-0.15, -0.1) is 0 Å². The van der Waals surface area contributed by atoms with Gasteiger partial charge in [0.2, 0.25) is 5.91 Å². The van der Waals surface area contributed by atoms with E-state index in [0.717, 1.165) is 19.1 Å². The molecule has 0 heterocycles. The quantitative estimate of drug-likeness (QED) is 0.608. The van der Waals surface area contributed by atoms with Gasteiger partial charge in [0.25, 0.3) is 0 Å². The summed E-state index contributed by atoms with van der Waals surface area (Å²) in [4.78, 5) is 21.3. The number of hydrogen-bond donors (Lipinski definition) is 1. The molecule has 0 aromatic heterocycles. The highest BCUT2D eigenvalue weighted by Crippen LogP contribution is 2.16. The lowest BCUT2D eigenvalue weighted by Crippen LogP contribution is -2.25. The van der Waals surface area contributed by atoms with E-state index in [1.807, 2.05) is 13.8 Å².